The van der Waals surface area contributed by atoms with Crippen molar-refractivity contribution in [1.29, 1.82) is 0 Å². The summed E-state index contributed by atoms with van der Waals surface area (Å²) in [5.41, 5.74) is 3.16. The predicted molar refractivity (Wildman–Crippen MR) is 90.2 cm³/mol. The zero-order chi connectivity index (χ0) is 16.1. The van der Waals surface area contributed by atoms with Crippen LogP contribution in [0.4, 0.5) is 10.5 Å². The second-order valence-corrected chi connectivity index (χ2v) is 6.39. The summed E-state index contributed by atoms with van der Waals surface area (Å²) in [7, 11) is 1.81. The quantitative estimate of drug-likeness (QED) is 0.893. The van der Waals surface area contributed by atoms with Crippen LogP contribution in [0.15, 0.2) is 18.2 Å². The monoisotopic (exact) mass is 304 g/mol. The molecule has 0 spiro atoms. The maximum Gasteiger partial charge on any atom is 0.321 e. The van der Waals surface area contributed by atoms with Crippen LogP contribution in [0.25, 0.3) is 0 Å². The van der Waals surface area contributed by atoms with Gasteiger partial charge in [0.2, 0.25) is 0 Å². The van der Waals surface area contributed by atoms with Gasteiger partial charge in [-0.05, 0) is 37.3 Å². The molecule has 0 bridgehead atoms. The minimum absolute atomic E-state index is 0.0956. The van der Waals surface area contributed by atoms with Gasteiger partial charge in [-0.3, -0.25) is 0 Å². The summed E-state index contributed by atoms with van der Waals surface area (Å²) in [6.45, 7) is 4.71. The molecule has 1 fully saturated rings. The smallest absolute Gasteiger partial charge is 0.321 e. The maximum absolute atomic E-state index is 12.4. The molecule has 2 rings (SSSR count). The number of carbonyl (C=O) groups is 1. The maximum atomic E-state index is 12.4. The van der Waals surface area contributed by atoms with Crippen LogP contribution in [-0.4, -0.2) is 35.7 Å². The molecule has 0 saturated heterocycles. The number of aliphatic hydroxyl groups is 1. The van der Waals surface area contributed by atoms with E-state index in [-0.39, 0.29) is 18.1 Å². The number of rotatable bonds is 4. The van der Waals surface area contributed by atoms with Gasteiger partial charge in [0.1, 0.15) is 0 Å². The lowest BCUT2D eigenvalue weighted by Crippen LogP contribution is -2.40. The number of urea groups is 1. The van der Waals surface area contributed by atoms with Gasteiger partial charge in [0.15, 0.2) is 0 Å². The van der Waals surface area contributed by atoms with E-state index in [9.17, 15) is 9.90 Å². The highest BCUT2D eigenvalue weighted by Crippen LogP contribution is 2.26. The average Bonchev–Trinajstić information content (AvgIpc) is 2.51. The first kappa shape index (κ1) is 16.8. The number of hydrogen-bond donors (Lipinski definition) is 2. The van der Waals surface area contributed by atoms with Crippen molar-refractivity contribution < 1.29 is 9.90 Å². The molecule has 0 heterocycles. The Morgan fingerprint density at radius 1 is 1.36 bits per heavy atom. The van der Waals surface area contributed by atoms with Gasteiger partial charge in [-0.2, -0.15) is 0 Å². The number of benzene rings is 1. The van der Waals surface area contributed by atoms with Crippen molar-refractivity contribution in [2.75, 3.05) is 18.9 Å². The third kappa shape index (κ3) is 4.01. The van der Waals surface area contributed by atoms with E-state index in [0.29, 0.717) is 6.54 Å². The lowest BCUT2D eigenvalue weighted by atomic mass is 9.86. The molecule has 2 atom stereocenters. The van der Waals surface area contributed by atoms with Crippen LogP contribution in [0.1, 0.15) is 43.7 Å². The number of nitrogens with one attached hydrogen (secondary N) is 1. The van der Waals surface area contributed by atoms with Gasteiger partial charge in [-0.1, -0.05) is 38.0 Å². The van der Waals surface area contributed by atoms with Gasteiger partial charge >= 0.3 is 6.03 Å². The molecule has 1 aliphatic carbocycles. The first-order valence-electron chi connectivity index (χ1n) is 8.31. The van der Waals surface area contributed by atoms with E-state index in [1.807, 2.05) is 25.1 Å². The largest absolute Gasteiger partial charge is 0.393 e. The molecule has 1 saturated carbocycles. The van der Waals surface area contributed by atoms with Gasteiger partial charge in [-0.15, -0.1) is 0 Å². The lowest BCUT2D eigenvalue weighted by Gasteiger charge is -2.31. The molecule has 1 aromatic rings. The highest BCUT2D eigenvalue weighted by atomic mass is 16.3. The molecule has 0 aliphatic heterocycles. The number of para-hydroxylation sites is 1. The van der Waals surface area contributed by atoms with Gasteiger partial charge < -0.3 is 15.3 Å². The van der Waals surface area contributed by atoms with E-state index in [4.69, 9.17) is 0 Å². The number of nitrogens with zero attached hydrogens (tertiary/aromatic N) is 1. The SMILES string of the molecule is CCc1cccc(C)c1NC(=O)N(C)CC1CCCCC1O. The Balaban J connectivity index is 1.99. The summed E-state index contributed by atoms with van der Waals surface area (Å²) in [4.78, 5) is 14.1. The zero-order valence-electron chi connectivity index (χ0n) is 13.9. The minimum atomic E-state index is -0.270. The molecule has 2 unspecified atom stereocenters. The molecular formula is C18H28N2O2. The minimum Gasteiger partial charge on any atom is -0.393 e. The van der Waals surface area contributed by atoms with Gasteiger partial charge in [0, 0.05) is 25.2 Å². The number of amides is 2. The van der Waals surface area contributed by atoms with Crippen LogP contribution < -0.4 is 5.32 Å². The molecule has 0 aromatic heterocycles. The Hall–Kier alpha value is -1.55. The predicted octanol–water partition coefficient (Wildman–Crippen LogP) is 3.57. The van der Waals surface area contributed by atoms with Crippen LogP contribution in [-0.2, 0) is 6.42 Å². The first-order valence-corrected chi connectivity index (χ1v) is 8.31. The number of anilines is 1. The average molecular weight is 304 g/mol. The van der Waals surface area contributed by atoms with Crippen LogP contribution >= 0.6 is 0 Å². The second-order valence-electron chi connectivity index (χ2n) is 6.39. The summed E-state index contributed by atoms with van der Waals surface area (Å²) < 4.78 is 0. The van der Waals surface area contributed by atoms with E-state index in [0.717, 1.165) is 48.9 Å². The zero-order valence-corrected chi connectivity index (χ0v) is 13.9. The van der Waals surface area contributed by atoms with Crippen molar-refractivity contribution in [3.05, 3.63) is 29.3 Å². The van der Waals surface area contributed by atoms with E-state index in [1.54, 1.807) is 11.9 Å². The molecule has 1 aliphatic rings. The Kier molecular flexibility index (Phi) is 5.83. The van der Waals surface area contributed by atoms with Crippen LogP contribution in [0, 0.1) is 12.8 Å². The molecule has 0 radical (unpaired) electrons. The van der Waals surface area contributed by atoms with Crippen LogP contribution in [0.5, 0.6) is 0 Å². The van der Waals surface area contributed by atoms with Crippen LogP contribution in [0.3, 0.4) is 0 Å². The van der Waals surface area contributed by atoms with Crippen molar-refractivity contribution in [3.8, 4) is 0 Å². The number of hydrogen-bond acceptors (Lipinski definition) is 2. The van der Waals surface area contributed by atoms with Crippen molar-refractivity contribution in [2.45, 2.75) is 52.1 Å². The third-order valence-electron chi connectivity index (χ3n) is 4.70. The fourth-order valence-corrected chi connectivity index (χ4v) is 3.24. The van der Waals surface area contributed by atoms with E-state index in [2.05, 4.69) is 12.2 Å². The molecule has 22 heavy (non-hydrogen) atoms. The lowest BCUT2D eigenvalue weighted by molar-refractivity contribution is 0.0575. The van der Waals surface area contributed by atoms with Crippen LogP contribution in [0.2, 0.25) is 0 Å². The van der Waals surface area contributed by atoms with E-state index < -0.39 is 0 Å². The summed E-state index contributed by atoms with van der Waals surface area (Å²) >= 11 is 0. The van der Waals surface area contributed by atoms with Gasteiger partial charge in [0.25, 0.3) is 0 Å². The molecule has 122 valence electrons. The van der Waals surface area contributed by atoms with Gasteiger partial charge in [0.05, 0.1) is 6.10 Å². The van der Waals surface area contributed by atoms with Crippen molar-refractivity contribution in [1.82, 2.24) is 4.90 Å². The van der Waals surface area contributed by atoms with Crippen molar-refractivity contribution in [3.63, 3.8) is 0 Å². The summed E-state index contributed by atoms with van der Waals surface area (Å²) in [6.07, 6.45) is 4.73. The Bertz CT molecular complexity index is 516. The number of aliphatic hydroxyl groups excluding tert-OH is 1. The molecule has 4 nitrogen and oxygen atoms in total. The number of carbonyl (C=O) groups excluding carboxylic acids is 1. The van der Waals surface area contributed by atoms with E-state index >= 15 is 0 Å². The highest BCUT2D eigenvalue weighted by Gasteiger charge is 2.25. The Morgan fingerprint density at radius 3 is 2.77 bits per heavy atom. The van der Waals surface area contributed by atoms with Gasteiger partial charge in [-0.25, -0.2) is 4.79 Å². The standard InChI is InChI=1S/C18H28N2O2/c1-4-14-10-7-8-13(2)17(14)19-18(22)20(3)12-15-9-5-6-11-16(15)21/h7-8,10,15-16,21H,4-6,9,11-12H2,1-3H3,(H,19,22). The number of aryl methyl sites for hydroxylation is 2. The molecular weight excluding hydrogens is 276 g/mol. The Morgan fingerprint density at radius 2 is 2.09 bits per heavy atom. The molecule has 4 heteroatoms. The fraction of sp³-hybridized carbons (Fsp3) is 0.611. The van der Waals surface area contributed by atoms with Crippen molar-refractivity contribution >= 4 is 11.7 Å². The normalized spacial score (nSPS) is 21.5. The summed E-state index contributed by atoms with van der Waals surface area (Å²) in [5, 5.41) is 13.1. The summed E-state index contributed by atoms with van der Waals surface area (Å²) in [5.74, 6) is 0.201. The first-order chi connectivity index (χ1) is 10.5. The third-order valence-corrected chi connectivity index (χ3v) is 4.70. The molecule has 1 aromatic carbocycles. The molecule has 2 amide bonds. The van der Waals surface area contributed by atoms with Crippen molar-refractivity contribution in [2.24, 2.45) is 5.92 Å². The van der Waals surface area contributed by atoms with E-state index in [1.165, 1.54) is 0 Å². The molecule has 2 N–H and O–H groups in total. The Labute approximate surface area is 133 Å². The fourth-order valence-electron chi connectivity index (χ4n) is 3.24. The highest BCUT2D eigenvalue weighted by molar-refractivity contribution is 5.91. The second kappa shape index (κ2) is 7.63. The summed E-state index contributed by atoms with van der Waals surface area (Å²) in [6, 6.07) is 5.99. The topological polar surface area (TPSA) is 52.6 Å².